The van der Waals surface area contributed by atoms with E-state index >= 15 is 0 Å². The van der Waals surface area contributed by atoms with Gasteiger partial charge in [0.1, 0.15) is 0 Å². The van der Waals surface area contributed by atoms with E-state index in [0.717, 1.165) is 48.7 Å². The van der Waals surface area contributed by atoms with Gasteiger partial charge in [-0.1, -0.05) is 0 Å². The molecule has 1 aliphatic rings. The summed E-state index contributed by atoms with van der Waals surface area (Å²) in [5.74, 6) is 0.764. The number of imidazole rings is 1. The molecule has 1 saturated heterocycles. The summed E-state index contributed by atoms with van der Waals surface area (Å²) in [6.45, 7) is 1.65. The van der Waals surface area contributed by atoms with Gasteiger partial charge in [-0.15, -0.1) is 0 Å². The smallest absolute Gasteiger partial charge is 0.228 e. The van der Waals surface area contributed by atoms with E-state index in [-0.39, 0.29) is 0 Å². The number of nitrogen functional groups attached to an aromatic ring is 1. The molecule has 0 atom stereocenters. The second kappa shape index (κ2) is 3.68. The fraction of sp³-hybridized carbons (Fsp3) is 0.364. The second-order valence-electron chi connectivity index (χ2n) is 3.98. The molecule has 3 rings (SSSR count). The van der Waals surface area contributed by atoms with Crippen LogP contribution in [0, 0.1) is 0 Å². The van der Waals surface area contributed by atoms with Crippen molar-refractivity contribution in [2.24, 2.45) is 0 Å². The van der Waals surface area contributed by atoms with Gasteiger partial charge >= 0.3 is 0 Å². The van der Waals surface area contributed by atoms with E-state index in [9.17, 15) is 0 Å². The van der Waals surface area contributed by atoms with Crippen molar-refractivity contribution >= 4 is 22.7 Å². The normalized spacial score (nSPS) is 16.9. The Kier molecular flexibility index (Phi) is 2.18. The molecule has 2 aromatic rings. The lowest BCUT2D eigenvalue weighted by atomic mass is 10.3. The number of nitrogens with two attached hydrogens (primary N) is 1. The van der Waals surface area contributed by atoms with Crippen LogP contribution in [0.25, 0.3) is 11.0 Å². The Bertz CT molecular complexity index is 502. The average molecular weight is 218 g/mol. The first-order valence-electron chi connectivity index (χ1n) is 5.49. The molecule has 0 radical (unpaired) electrons. The van der Waals surface area contributed by atoms with Crippen molar-refractivity contribution in [3.63, 3.8) is 0 Å². The molecule has 5 heteroatoms. The third kappa shape index (κ3) is 1.59. The molecule has 84 valence electrons. The lowest BCUT2D eigenvalue weighted by Crippen LogP contribution is -2.30. The maximum Gasteiger partial charge on any atom is 0.228 e. The Morgan fingerprint density at radius 3 is 3.12 bits per heavy atom. The minimum Gasteiger partial charge on any atom is -0.399 e. The molecular weight excluding hydrogens is 204 g/mol. The number of hydrogen-bond donors (Lipinski definition) is 2. The van der Waals surface area contributed by atoms with Gasteiger partial charge in [0.2, 0.25) is 5.95 Å². The standard InChI is InChI=1S/C11H14N4O/c12-8-3-4-9-10(7-8)14-11(13-9)15-5-1-2-6-16-15/h3-4,7H,1-2,5-6,12H2,(H,13,14). The lowest BCUT2D eigenvalue weighted by Gasteiger charge is -2.24. The number of hydrogen-bond acceptors (Lipinski definition) is 4. The zero-order valence-electron chi connectivity index (χ0n) is 8.94. The highest BCUT2D eigenvalue weighted by Crippen LogP contribution is 2.21. The van der Waals surface area contributed by atoms with Crippen LogP contribution in [0.3, 0.4) is 0 Å². The van der Waals surface area contributed by atoms with Gasteiger partial charge in [0.25, 0.3) is 0 Å². The number of rotatable bonds is 1. The van der Waals surface area contributed by atoms with Crippen LogP contribution >= 0.6 is 0 Å². The molecule has 0 saturated carbocycles. The number of hydroxylamine groups is 1. The molecule has 0 amide bonds. The first-order chi connectivity index (χ1) is 7.83. The summed E-state index contributed by atoms with van der Waals surface area (Å²) in [5, 5.41) is 1.82. The number of nitrogens with one attached hydrogen (secondary N) is 1. The summed E-state index contributed by atoms with van der Waals surface area (Å²) < 4.78 is 0. The van der Waals surface area contributed by atoms with E-state index in [1.165, 1.54) is 0 Å². The Hall–Kier alpha value is -1.75. The molecule has 1 aromatic heterocycles. The van der Waals surface area contributed by atoms with Crippen molar-refractivity contribution in [2.45, 2.75) is 12.8 Å². The Labute approximate surface area is 93.2 Å². The van der Waals surface area contributed by atoms with Crippen molar-refractivity contribution in [2.75, 3.05) is 23.9 Å². The van der Waals surface area contributed by atoms with Gasteiger partial charge < -0.3 is 10.7 Å². The topological polar surface area (TPSA) is 67.2 Å². The third-order valence-electron chi connectivity index (χ3n) is 2.73. The molecule has 3 N–H and O–H groups in total. The quantitative estimate of drug-likeness (QED) is 0.714. The molecule has 0 spiro atoms. The zero-order chi connectivity index (χ0) is 11.0. The Morgan fingerprint density at radius 1 is 1.38 bits per heavy atom. The molecule has 16 heavy (non-hydrogen) atoms. The number of benzene rings is 1. The van der Waals surface area contributed by atoms with E-state index in [0.29, 0.717) is 0 Å². The second-order valence-corrected chi connectivity index (χ2v) is 3.98. The van der Waals surface area contributed by atoms with Gasteiger partial charge in [0.05, 0.1) is 17.6 Å². The van der Waals surface area contributed by atoms with Crippen LogP contribution < -0.4 is 10.8 Å². The zero-order valence-corrected chi connectivity index (χ0v) is 8.94. The molecular formula is C11H14N4O. The Morgan fingerprint density at radius 2 is 2.31 bits per heavy atom. The number of fused-ring (bicyclic) bond motifs is 1. The van der Waals surface area contributed by atoms with Gasteiger partial charge in [0, 0.05) is 12.2 Å². The summed E-state index contributed by atoms with van der Waals surface area (Å²) in [6, 6.07) is 5.65. The van der Waals surface area contributed by atoms with Crippen LogP contribution in [0.15, 0.2) is 18.2 Å². The highest BCUT2D eigenvalue weighted by molar-refractivity contribution is 5.80. The van der Waals surface area contributed by atoms with E-state index in [1.54, 1.807) is 0 Å². The minimum atomic E-state index is 0.738. The van der Waals surface area contributed by atoms with Crippen LogP contribution in [-0.2, 0) is 4.84 Å². The fourth-order valence-electron chi connectivity index (χ4n) is 1.90. The number of aromatic amines is 1. The lowest BCUT2D eigenvalue weighted by molar-refractivity contribution is 0.0748. The van der Waals surface area contributed by atoms with Crippen molar-refractivity contribution in [1.29, 1.82) is 0 Å². The summed E-state index contributed by atoms with van der Waals surface area (Å²) in [7, 11) is 0. The van der Waals surface area contributed by atoms with Crippen LogP contribution in [0.4, 0.5) is 11.6 Å². The molecule has 0 bridgehead atoms. The van der Waals surface area contributed by atoms with E-state index in [4.69, 9.17) is 10.6 Å². The molecule has 2 heterocycles. The Balaban J connectivity index is 1.97. The van der Waals surface area contributed by atoms with E-state index in [1.807, 2.05) is 23.3 Å². The van der Waals surface area contributed by atoms with Crippen molar-refractivity contribution in [3.8, 4) is 0 Å². The number of aromatic nitrogens is 2. The van der Waals surface area contributed by atoms with E-state index in [2.05, 4.69) is 9.97 Å². The van der Waals surface area contributed by atoms with Crippen molar-refractivity contribution in [3.05, 3.63) is 18.2 Å². The number of H-pyrrole nitrogens is 1. The van der Waals surface area contributed by atoms with Crippen LogP contribution in [0.1, 0.15) is 12.8 Å². The molecule has 0 aliphatic carbocycles. The highest BCUT2D eigenvalue weighted by Gasteiger charge is 2.15. The van der Waals surface area contributed by atoms with Gasteiger partial charge in [0.15, 0.2) is 0 Å². The number of nitrogens with zero attached hydrogens (tertiary/aromatic N) is 2. The summed E-state index contributed by atoms with van der Waals surface area (Å²) in [4.78, 5) is 13.2. The van der Waals surface area contributed by atoms with Gasteiger partial charge in [-0.3, -0.25) is 4.84 Å². The summed E-state index contributed by atoms with van der Waals surface area (Å²) in [6.07, 6.45) is 2.25. The van der Waals surface area contributed by atoms with Crippen LogP contribution in [-0.4, -0.2) is 23.1 Å². The predicted molar refractivity (Wildman–Crippen MR) is 63.0 cm³/mol. The van der Waals surface area contributed by atoms with E-state index < -0.39 is 0 Å². The SMILES string of the molecule is Nc1ccc2nc(N3CCCCO3)[nH]c2c1. The van der Waals surface area contributed by atoms with Crippen molar-refractivity contribution in [1.82, 2.24) is 9.97 Å². The largest absolute Gasteiger partial charge is 0.399 e. The fourth-order valence-corrected chi connectivity index (χ4v) is 1.90. The summed E-state index contributed by atoms with van der Waals surface area (Å²) in [5.41, 5.74) is 8.32. The highest BCUT2D eigenvalue weighted by atomic mass is 16.7. The number of anilines is 2. The molecule has 1 aliphatic heterocycles. The monoisotopic (exact) mass is 218 g/mol. The maximum absolute atomic E-state index is 5.72. The minimum absolute atomic E-state index is 0.738. The summed E-state index contributed by atoms with van der Waals surface area (Å²) >= 11 is 0. The van der Waals surface area contributed by atoms with Gasteiger partial charge in [-0.05, 0) is 31.0 Å². The third-order valence-corrected chi connectivity index (χ3v) is 2.73. The molecule has 0 unspecified atom stereocenters. The maximum atomic E-state index is 5.72. The van der Waals surface area contributed by atoms with Crippen LogP contribution in [0.2, 0.25) is 0 Å². The average Bonchev–Trinajstić information content (AvgIpc) is 2.73. The predicted octanol–water partition coefficient (Wildman–Crippen LogP) is 1.68. The first-order valence-corrected chi connectivity index (χ1v) is 5.49. The van der Waals surface area contributed by atoms with Gasteiger partial charge in [-0.2, -0.15) is 0 Å². The first kappa shape index (κ1) is 9.47. The van der Waals surface area contributed by atoms with Crippen LogP contribution in [0.5, 0.6) is 0 Å². The molecule has 1 aromatic carbocycles. The molecule has 1 fully saturated rings. The molecule has 5 nitrogen and oxygen atoms in total. The van der Waals surface area contributed by atoms with Gasteiger partial charge in [-0.25, -0.2) is 10.0 Å². The van der Waals surface area contributed by atoms with Crippen molar-refractivity contribution < 1.29 is 4.84 Å².